The van der Waals surface area contributed by atoms with Gasteiger partial charge in [-0.05, 0) is 45.7 Å². The first-order chi connectivity index (χ1) is 11.4. The number of hydrogen-bond donors (Lipinski definition) is 3. The van der Waals surface area contributed by atoms with Gasteiger partial charge in [-0.1, -0.05) is 35.5 Å². The van der Waals surface area contributed by atoms with Crippen LogP contribution in [0.25, 0.3) is 0 Å². The molecular weight excluding hydrogens is 306 g/mol. The SMILES string of the molecule is CC(C)(C)ON(NC(=O)NN)C1CCCN(Cc2ccccc2)C1. The molecule has 0 radical (unpaired) electrons. The molecule has 0 bridgehead atoms. The highest BCUT2D eigenvalue weighted by molar-refractivity contribution is 5.72. The van der Waals surface area contributed by atoms with Crippen molar-refractivity contribution in [2.45, 2.75) is 51.8 Å². The molecule has 1 heterocycles. The fourth-order valence-corrected chi connectivity index (χ4v) is 2.82. The molecule has 1 aliphatic rings. The minimum Gasteiger partial charge on any atom is -0.297 e. The fraction of sp³-hybridized carbons (Fsp3) is 0.588. The number of likely N-dealkylation sites (tertiary alicyclic amines) is 1. The van der Waals surface area contributed by atoms with E-state index in [4.69, 9.17) is 10.7 Å². The van der Waals surface area contributed by atoms with Crippen molar-refractivity contribution in [2.24, 2.45) is 5.84 Å². The third-order valence-electron chi connectivity index (χ3n) is 3.78. The molecule has 7 heteroatoms. The number of hydrogen-bond acceptors (Lipinski definition) is 5. The molecule has 1 atom stereocenters. The molecule has 24 heavy (non-hydrogen) atoms. The van der Waals surface area contributed by atoms with E-state index >= 15 is 0 Å². The first-order valence-electron chi connectivity index (χ1n) is 8.39. The smallest absolute Gasteiger partial charge is 0.297 e. The molecule has 0 saturated carbocycles. The maximum atomic E-state index is 11.6. The van der Waals surface area contributed by atoms with Crippen molar-refractivity contribution in [3.8, 4) is 0 Å². The zero-order chi connectivity index (χ0) is 17.6. The first-order valence-corrected chi connectivity index (χ1v) is 8.39. The molecule has 1 aromatic carbocycles. The second-order valence-corrected chi connectivity index (χ2v) is 7.13. The Bertz CT molecular complexity index is 517. The third kappa shape index (κ3) is 6.09. The fourth-order valence-electron chi connectivity index (χ4n) is 2.82. The number of nitrogens with two attached hydrogens (primary N) is 1. The topological polar surface area (TPSA) is 82.9 Å². The maximum Gasteiger partial charge on any atom is 0.345 e. The Morgan fingerprint density at radius 3 is 2.71 bits per heavy atom. The summed E-state index contributed by atoms with van der Waals surface area (Å²) in [5.74, 6) is 5.19. The monoisotopic (exact) mass is 335 g/mol. The van der Waals surface area contributed by atoms with Crippen LogP contribution in [-0.2, 0) is 11.4 Å². The predicted octanol–water partition coefficient (Wildman–Crippen LogP) is 1.77. The van der Waals surface area contributed by atoms with Gasteiger partial charge < -0.3 is 0 Å². The van der Waals surface area contributed by atoms with Crippen molar-refractivity contribution >= 4 is 6.03 Å². The molecule has 1 aliphatic heterocycles. The highest BCUT2D eigenvalue weighted by Gasteiger charge is 2.30. The Balaban J connectivity index is 2.01. The largest absolute Gasteiger partial charge is 0.345 e. The third-order valence-corrected chi connectivity index (χ3v) is 3.78. The van der Waals surface area contributed by atoms with Crippen LogP contribution in [0.15, 0.2) is 30.3 Å². The van der Waals surface area contributed by atoms with Gasteiger partial charge >= 0.3 is 6.03 Å². The number of rotatable bonds is 5. The van der Waals surface area contributed by atoms with Crippen LogP contribution in [0, 0.1) is 0 Å². The van der Waals surface area contributed by atoms with Gasteiger partial charge in [0, 0.05) is 13.1 Å². The van der Waals surface area contributed by atoms with E-state index in [2.05, 4.69) is 40.0 Å². The molecule has 7 nitrogen and oxygen atoms in total. The molecule has 1 aromatic rings. The van der Waals surface area contributed by atoms with E-state index in [0.29, 0.717) is 0 Å². The lowest BCUT2D eigenvalue weighted by molar-refractivity contribution is -0.275. The molecule has 2 rings (SSSR count). The van der Waals surface area contributed by atoms with Crippen LogP contribution >= 0.6 is 0 Å². The van der Waals surface area contributed by atoms with Gasteiger partial charge in [0.25, 0.3) is 0 Å². The Morgan fingerprint density at radius 2 is 2.08 bits per heavy atom. The van der Waals surface area contributed by atoms with Crippen molar-refractivity contribution in [1.82, 2.24) is 20.9 Å². The van der Waals surface area contributed by atoms with E-state index in [1.165, 1.54) is 5.56 Å². The summed E-state index contributed by atoms with van der Waals surface area (Å²) in [6.45, 7) is 8.60. The molecular formula is C17H29N5O2. The number of carbonyl (C=O) groups excluding carboxylic acids is 1. The quantitative estimate of drug-likeness (QED) is 0.434. The van der Waals surface area contributed by atoms with Crippen molar-refractivity contribution in [3.63, 3.8) is 0 Å². The van der Waals surface area contributed by atoms with Gasteiger partial charge in [0.2, 0.25) is 0 Å². The number of hydroxylamine groups is 1. The minimum atomic E-state index is -0.487. The number of nitrogens with one attached hydrogen (secondary N) is 2. The summed E-state index contributed by atoms with van der Waals surface area (Å²) in [5.41, 5.74) is 5.65. The average molecular weight is 335 g/mol. The summed E-state index contributed by atoms with van der Waals surface area (Å²) in [5, 5.41) is 1.55. The lowest BCUT2D eigenvalue weighted by atomic mass is 10.1. The number of nitrogens with zero attached hydrogens (tertiary/aromatic N) is 2. The van der Waals surface area contributed by atoms with E-state index in [9.17, 15) is 4.79 Å². The van der Waals surface area contributed by atoms with Crippen molar-refractivity contribution < 1.29 is 9.63 Å². The van der Waals surface area contributed by atoms with Gasteiger partial charge in [0.15, 0.2) is 0 Å². The van der Waals surface area contributed by atoms with Gasteiger partial charge in [-0.15, -0.1) is 0 Å². The molecule has 134 valence electrons. The molecule has 0 aliphatic carbocycles. The van der Waals surface area contributed by atoms with Crippen LogP contribution in [-0.4, -0.2) is 40.8 Å². The predicted molar refractivity (Wildman–Crippen MR) is 93.3 cm³/mol. The highest BCUT2D eigenvalue weighted by Crippen LogP contribution is 2.20. The van der Waals surface area contributed by atoms with Gasteiger partial charge in [-0.2, -0.15) is 0 Å². The molecule has 1 unspecified atom stereocenters. The number of amides is 2. The molecule has 0 spiro atoms. The summed E-state index contributed by atoms with van der Waals surface area (Å²) < 4.78 is 0. The summed E-state index contributed by atoms with van der Waals surface area (Å²) in [7, 11) is 0. The Kier molecular flexibility index (Phi) is 6.56. The minimum absolute atomic E-state index is 0.0685. The van der Waals surface area contributed by atoms with Gasteiger partial charge in [-0.25, -0.2) is 16.1 Å². The molecule has 4 N–H and O–H groups in total. The first kappa shape index (κ1) is 18.7. The number of carbonyl (C=O) groups is 1. The van der Waals surface area contributed by atoms with Crippen molar-refractivity contribution in [3.05, 3.63) is 35.9 Å². The molecule has 1 saturated heterocycles. The van der Waals surface area contributed by atoms with Crippen LogP contribution in [0.4, 0.5) is 4.79 Å². The second-order valence-electron chi connectivity index (χ2n) is 7.13. The zero-order valence-corrected chi connectivity index (χ0v) is 14.8. The van der Waals surface area contributed by atoms with Gasteiger partial charge in [0.1, 0.15) is 0 Å². The Labute approximate surface area is 144 Å². The number of benzene rings is 1. The summed E-state index contributed by atoms with van der Waals surface area (Å²) in [6.07, 6.45) is 2.00. The van der Waals surface area contributed by atoms with Crippen LogP contribution in [0.5, 0.6) is 0 Å². The van der Waals surface area contributed by atoms with E-state index in [1.54, 1.807) is 5.17 Å². The van der Waals surface area contributed by atoms with Crippen LogP contribution < -0.4 is 16.7 Å². The Hall–Kier alpha value is -1.67. The van der Waals surface area contributed by atoms with Gasteiger partial charge in [0.05, 0.1) is 11.6 Å². The van der Waals surface area contributed by atoms with E-state index < -0.39 is 11.6 Å². The second kappa shape index (κ2) is 8.43. The number of urea groups is 1. The van der Waals surface area contributed by atoms with Crippen LogP contribution in [0.3, 0.4) is 0 Å². The summed E-state index contributed by atoms with van der Waals surface area (Å²) in [6, 6.07) is 9.98. The normalized spacial score (nSPS) is 19.3. The zero-order valence-electron chi connectivity index (χ0n) is 14.8. The van der Waals surface area contributed by atoms with Gasteiger partial charge in [-0.3, -0.25) is 15.2 Å². The lowest BCUT2D eigenvalue weighted by Gasteiger charge is -2.40. The maximum absolute atomic E-state index is 11.6. The lowest BCUT2D eigenvalue weighted by Crippen LogP contribution is -2.59. The molecule has 0 aromatic heterocycles. The van der Waals surface area contributed by atoms with E-state index in [-0.39, 0.29) is 6.04 Å². The number of piperidine rings is 1. The van der Waals surface area contributed by atoms with Crippen LogP contribution in [0.1, 0.15) is 39.2 Å². The molecule has 1 fully saturated rings. The molecule has 2 amide bonds. The van der Waals surface area contributed by atoms with Crippen molar-refractivity contribution in [2.75, 3.05) is 13.1 Å². The van der Waals surface area contributed by atoms with Crippen molar-refractivity contribution in [1.29, 1.82) is 0 Å². The highest BCUT2D eigenvalue weighted by atomic mass is 16.7. The number of hydrazine groups is 2. The Morgan fingerprint density at radius 1 is 1.38 bits per heavy atom. The van der Waals surface area contributed by atoms with E-state index in [1.807, 2.05) is 26.8 Å². The van der Waals surface area contributed by atoms with E-state index in [0.717, 1.165) is 32.5 Å². The van der Waals surface area contributed by atoms with Crippen LogP contribution in [0.2, 0.25) is 0 Å². The average Bonchev–Trinajstić information content (AvgIpc) is 2.54. The standard InChI is InChI=1S/C17H29N5O2/c1-17(2,3)24-22(20-16(23)19-18)15-10-7-11-21(13-15)12-14-8-5-4-6-9-14/h4-6,8-9,15H,7,10-13,18H2,1-3H3,(H2,19,20,23). The summed E-state index contributed by atoms with van der Waals surface area (Å²) in [4.78, 5) is 19.9. The summed E-state index contributed by atoms with van der Waals surface area (Å²) >= 11 is 0.